The van der Waals surface area contributed by atoms with Crippen molar-refractivity contribution in [3.05, 3.63) is 29.6 Å². The summed E-state index contributed by atoms with van der Waals surface area (Å²) in [5.74, 6) is 0.0280. The maximum atomic E-state index is 12.3. The summed E-state index contributed by atoms with van der Waals surface area (Å²) in [6, 6.07) is 2.64. The number of amides is 1. The molecule has 1 aromatic rings. The minimum atomic E-state index is -0.947. The summed E-state index contributed by atoms with van der Waals surface area (Å²) in [5, 5.41) is 9.15. The van der Waals surface area contributed by atoms with Gasteiger partial charge in [-0.15, -0.1) is 0 Å². The van der Waals surface area contributed by atoms with Crippen LogP contribution in [0.4, 0.5) is 0 Å². The van der Waals surface area contributed by atoms with Gasteiger partial charge in [0.25, 0.3) is 5.91 Å². The molecule has 0 saturated carbocycles. The van der Waals surface area contributed by atoms with Crippen molar-refractivity contribution in [2.24, 2.45) is 0 Å². The van der Waals surface area contributed by atoms with E-state index >= 15 is 0 Å². The molecule has 1 aromatic heterocycles. The molecule has 1 aliphatic rings. The predicted octanol–water partition coefficient (Wildman–Crippen LogP) is 1.03. The number of hydrogen-bond donors (Lipinski definition) is 1. The van der Waals surface area contributed by atoms with Gasteiger partial charge in [0, 0.05) is 29.9 Å². The van der Waals surface area contributed by atoms with Crippen LogP contribution in [-0.4, -0.2) is 51.0 Å². The third-order valence-corrected chi connectivity index (χ3v) is 3.93. The zero-order valence-corrected chi connectivity index (χ0v) is 10.8. The summed E-state index contributed by atoms with van der Waals surface area (Å²) in [4.78, 5) is 29.0. The number of carboxylic acids is 1. The SMILES string of the molecule is Cc1ncccc1C(=O)N1CCSCC1C(=O)O. The highest BCUT2D eigenvalue weighted by atomic mass is 32.2. The highest BCUT2D eigenvalue weighted by Crippen LogP contribution is 2.20. The highest BCUT2D eigenvalue weighted by molar-refractivity contribution is 7.99. The van der Waals surface area contributed by atoms with Crippen molar-refractivity contribution in [1.82, 2.24) is 9.88 Å². The molecular weight excluding hydrogens is 252 g/mol. The third kappa shape index (κ3) is 2.48. The maximum Gasteiger partial charge on any atom is 0.327 e. The number of carboxylic acid groups (broad SMARTS) is 1. The molecular formula is C12H14N2O3S. The lowest BCUT2D eigenvalue weighted by atomic mass is 10.1. The van der Waals surface area contributed by atoms with Gasteiger partial charge in [0.15, 0.2) is 0 Å². The molecule has 1 unspecified atom stereocenters. The van der Waals surface area contributed by atoms with E-state index in [1.165, 1.54) is 4.90 Å². The fourth-order valence-corrected chi connectivity index (χ4v) is 2.95. The first-order valence-corrected chi connectivity index (χ1v) is 6.80. The Morgan fingerprint density at radius 3 is 3.00 bits per heavy atom. The summed E-state index contributed by atoms with van der Waals surface area (Å²) in [5.41, 5.74) is 1.11. The Labute approximate surface area is 109 Å². The minimum Gasteiger partial charge on any atom is -0.480 e. The van der Waals surface area contributed by atoms with Crippen molar-refractivity contribution in [2.45, 2.75) is 13.0 Å². The molecule has 2 heterocycles. The van der Waals surface area contributed by atoms with E-state index in [9.17, 15) is 9.59 Å². The van der Waals surface area contributed by atoms with Crippen molar-refractivity contribution in [3.63, 3.8) is 0 Å². The van der Waals surface area contributed by atoms with E-state index in [4.69, 9.17) is 5.11 Å². The van der Waals surface area contributed by atoms with Gasteiger partial charge in [-0.1, -0.05) is 0 Å². The number of aliphatic carboxylic acids is 1. The lowest BCUT2D eigenvalue weighted by Gasteiger charge is -2.32. The average molecular weight is 266 g/mol. The van der Waals surface area contributed by atoms with E-state index in [1.54, 1.807) is 37.0 Å². The Bertz CT molecular complexity index is 478. The number of hydrogen-bond acceptors (Lipinski definition) is 4. The number of thioether (sulfide) groups is 1. The third-order valence-electron chi connectivity index (χ3n) is 2.91. The van der Waals surface area contributed by atoms with Crippen molar-refractivity contribution in [2.75, 3.05) is 18.1 Å². The van der Waals surface area contributed by atoms with Crippen LogP contribution in [0.5, 0.6) is 0 Å². The molecule has 0 aromatic carbocycles. The Morgan fingerprint density at radius 1 is 1.56 bits per heavy atom. The van der Waals surface area contributed by atoms with Crippen molar-refractivity contribution in [1.29, 1.82) is 0 Å². The number of aryl methyl sites for hydroxylation is 1. The topological polar surface area (TPSA) is 70.5 Å². The first-order valence-electron chi connectivity index (χ1n) is 5.64. The zero-order valence-electron chi connectivity index (χ0n) is 10.00. The number of aromatic nitrogens is 1. The van der Waals surface area contributed by atoms with E-state index in [-0.39, 0.29) is 5.91 Å². The van der Waals surface area contributed by atoms with Crippen LogP contribution in [0.25, 0.3) is 0 Å². The van der Waals surface area contributed by atoms with Crippen LogP contribution < -0.4 is 0 Å². The smallest absolute Gasteiger partial charge is 0.327 e. The molecule has 2 rings (SSSR count). The number of rotatable bonds is 2. The molecule has 1 aliphatic heterocycles. The second-order valence-electron chi connectivity index (χ2n) is 4.06. The van der Waals surface area contributed by atoms with Crippen LogP contribution in [0.3, 0.4) is 0 Å². The van der Waals surface area contributed by atoms with E-state index < -0.39 is 12.0 Å². The monoisotopic (exact) mass is 266 g/mol. The summed E-state index contributed by atoms with van der Waals surface area (Å²) >= 11 is 1.56. The second-order valence-corrected chi connectivity index (χ2v) is 5.21. The lowest BCUT2D eigenvalue weighted by Crippen LogP contribution is -2.50. The molecule has 5 nitrogen and oxygen atoms in total. The molecule has 0 radical (unpaired) electrons. The summed E-state index contributed by atoms with van der Waals surface area (Å²) in [6.45, 7) is 2.22. The van der Waals surface area contributed by atoms with Crippen molar-refractivity contribution < 1.29 is 14.7 Å². The summed E-state index contributed by atoms with van der Waals surface area (Å²) in [6.07, 6.45) is 1.62. The van der Waals surface area contributed by atoms with Gasteiger partial charge in [-0.25, -0.2) is 4.79 Å². The fourth-order valence-electron chi connectivity index (χ4n) is 1.92. The zero-order chi connectivity index (χ0) is 13.1. The molecule has 0 aliphatic carbocycles. The molecule has 1 atom stereocenters. The summed E-state index contributed by atoms with van der Waals surface area (Å²) in [7, 11) is 0. The number of carbonyl (C=O) groups is 2. The van der Waals surface area contributed by atoms with Gasteiger partial charge in [-0.05, 0) is 19.1 Å². The molecule has 6 heteroatoms. The van der Waals surface area contributed by atoms with Gasteiger partial charge in [-0.3, -0.25) is 9.78 Å². The number of carbonyl (C=O) groups excluding carboxylic acids is 1. The van der Waals surface area contributed by atoms with Crippen LogP contribution in [-0.2, 0) is 4.79 Å². The first-order chi connectivity index (χ1) is 8.61. The predicted molar refractivity (Wildman–Crippen MR) is 68.8 cm³/mol. The normalized spacial score (nSPS) is 19.6. The second kappa shape index (κ2) is 5.39. The largest absolute Gasteiger partial charge is 0.480 e. The van der Waals surface area contributed by atoms with Crippen LogP contribution in [0, 0.1) is 6.92 Å². The molecule has 1 N–H and O–H groups in total. The highest BCUT2D eigenvalue weighted by Gasteiger charge is 2.33. The van der Waals surface area contributed by atoms with E-state index in [0.29, 0.717) is 23.6 Å². The minimum absolute atomic E-state index is 0.242. The van der Waals surface area contributed by atoms with Gasteiger partial charge in [-0.2, -0.15) is 11.8 Å². The molecule has 18 heavy (non-hydrogen) atoms. The van der Waals surface area contributed by atoms with Crippen LogP contribution >= 0.6 is 11.8 Å². The molecule has 0 spiro atoms. The van der Waals surface area contributed by atoms with Gasteiger partial charge in [0.2, 0.25) is 0 Å². The standard InChI is InChI=1S/C12H14N2O3S/c1-8-9(3-2-4-13-8)11(15)14-5-6-18-7-10(14)12(16)17/h2-4,10H,5-7H2,1H3,(H,16,17). The van der Waals surface area contributed by atoms with E-state index in [1.807, 2.05) is 0 Å². The molecule has 96 valence electrons. The summed E-state index contributed by atoms with van der Waals surface area (Å²) < 4.78 is 0. The van der Waals surface area contributed by atoms with Gasteiger partial charge in [0.1, 0.15) is 6.04 Å². The molecule has 0 bridgehead atoms. The van der Waals surface area contributed by atoms with Gasteiger partial charge < -0.3 is 10.0 Å². The Balaban J connectivity index is 2.27. The van der Waals surface area contributed by atoms with Crippen molar-refractivity contribution in [3.8, 4) is 0 Å². The maximum absolute atomic E-state index is 12.3. The molecule has 1 fully saturated rings. The number of pyridine rings is 1. The van der Waals surface area contributed by atoms with Crippen LogP contribution in [0.2, 0.25) is 0 Å². The van der Waals surface area contributed by atoms with E-state index in [2.05, 4.69) is 4.98 Å². The van der Waals surface area contributed by atoms with Crippen LogP contribution in [0.15, 0.2) is 18.3 Å². The molecule has 1 saturated heterocycles. The van der Waals surface area contributed by atoms with Crippen molar-refractivity contribution >= 4 is 23.6 Å². The quantitative estimate of drug-likeness (QED) is 0.865. The average Bonchev–Trinajstić information content (AvgIpc) is 2.38. The Morgan fingerprint density at radius 2 is 2.33 bits per heavy atom. The fraction of sp³-hybridized carbons (Fsp3) is 0.417. The van der Waals surface area contributed by atoms with Gasteiger partial charge in [0.05, 0.1) is 5.56 Å². The lowest BCUT2D eigenvalue weighted by molar-refractivity contribution is -0.141. The Kier molecular flexibility index (Phi) is 3.86. The van der Waals surface area contributed by atoms with Gasteiger partial charge >= 0.3 is 5.97 Å². The molecule has 1 amide bonds. The van der Waals surface area contributed by atoms with Crippen LogP contribution in [0.1, 0.15) is 16.1 Å². The first kappa shape index (κ1) is 12.9. The van der Waals surface area contributed by atoms with E-state index in [0.717, 1.165) is 5.75 Å². The Hall–Kier alpha value is -1.56. The number of nitrogens with zero attached hydrogens (tertiary/aromatic N) is 2.